The van der Waals surface area contributed by atoms with Crippen LogP contribution in [0.2, 0.25) is 0 Å². The van der Waals surface area contributed by atoms with Crippen LogP contribution in [0.3, 0.4) is 0 Å². The summed E-state index contributed by atoms with van der Waals surface area (Å²) >= 11 is 0. The third-order valence-electron chi connectivity index (χ3n) is 2.25. The molecule has 1 rings (SSSR count). The summed E-state index contributed by atoms with van der Waals surface area (Å²) in [7, 11) is 0. The average molecular weight is 256 g/mol. The van der Waals surface area contributed by atoms with E-state index in [0.29, 0.717) is 19.5 Å². The molecule has 8 nitrogen and oxygen atoms in total. The van der Waals surface area contributed by atoms with Gasteiger partial charge in [0.2, 0.25) is 11.8 Å². The first-order valence-electron chi connectivity index (χ1n) is 5.69. The SMILES string of the molecule is O=C1CCNC(=O)CNC(=O)C(=O)NCCCN1. The van der Waals surface area contributed by atoms with Crippen LogP contribution in [0.4, 0.5) is 0 Å². The maximum Gasteiger partial charge on any atom is 0.309 e. The van der Waals surface area contributed by atoms with Gasteiger partial charge in [0.05, 0.1) is 6.54 Å². The van der Waals surface area contributed by atoms with E-state index in [1.165, 1.54) is 0 Å². The number of nitrogens with one attached hydrogen (secondary N) is 4. The lowest BCUT2D eigenvalue weighted by molar-refractivity contribution is -0.139. The fourth-order valence-electron chi connectivity index (χ4n) is 1.31. The van der Waals surface area contributed by atoms with Gasteiger partial charge in [0, 0.05) is 26.1 Å². The summed E-state index contributed by atoms with van der Waals surface area (Å²) in [4.78, 5) is 44.9. The van der Waals surface area contributed by atoms with Crippen LogP contribution in [0.25, 0.3) is 0 Å². The first-order chi connectivity index (χ1) is 8.59. The van der Waals surface area contributed by atoms with Crippen LogP contribution in [0.1, 0.15) is 12.8 Å². The molecular weight excluding hydrogens is 240 g/mol. The van der Waals surface area contributed by atoms with Crippen molar-refractivity contribution in [2.24, 2.45) is 0 Å². The van der Waals surface area contributed by atoms with Gasteiger partial charge in [0.1, 0.15) is 0 Å². The van der Waals surface area contributed by atoms with Crippen molar-refractivity contribution in [3.63, 3.8) is 0 Å². The van der Waals surface area contributed by atoms with E-state index < -0.39 is 17.7 Å². The number of carbonyl (C=O) groups excluding carboxylic acids is 4. The average Bonchev–Trinajstić information content (AvgIpc) is 2.34. The highest BCUT2D eigenvalue weighted by Crippen LogP contribution is 1.82. The number of hydrogen-bond acceptors (Lipinski definition) is 4. The lowest BCUT2D eigenvalue weighted by atomic mass is 10.3. The number of rotatable bonds is 0. The van der Waals surface area contributed by atoms with E-state index in [1.54, 1.807) is 0 Å². The van der Waals surface area contributed by atoms with Crippen molar-refractivity contribution in [2.45, 2.75) is 12.8 Å². The fraction of sp³-hybridized carbons (Fsp3) is 0.600. The summed E-state index contributed by atoms with van der Waals surface area (Å²) in [5.41, 5.74) is 0. The number of hydrogen-bond donors (Lipinski definition) is 4. The predicted molar refractivity (Wildman–Crippen MR) is 61.3 cm³/mol. The lowest BCUT2D eigenvalue weighted by Gasteiger charge is -2.10. The van der Waals surface area contributed by atoms with Crippen molar-refractivity contribution >= 4 is 23.6 Å². The molecule has 100 valence electrons. The van der Waals surface area contributed by atoms with Gasteiger partial charge >= 0.3 is 11.8 Å². The minimum Gasteiger partial charge on any atom is -0.356 e. The Hall–Kier alpha value is -2.12. The van der Waals surface area contributed by atoms with E-state index in [1.807, 2.05) is 0 Å². The molecular formula is C10H16N4O4. The molecule has 0 aromatic heterocycles. The first-order valence-corrected chi connectivity index (χ1v) is 5.69. The highest BCUT2D eigenvalue weighted by Gasteiger charge is 2.14. The Morgan fingerprint density at radius 1 is 0.667 bits per heavy atom. The third-order valence-corrected chi connectivity index (χ3v) is 2.25. The Morgan fingerprint density at radius 3 is 2.06 bits per heavy atom. The summed E-state index contributed by atoms with van der Waals surface area (Å²) in [5, 5.41) is 9.66. The zero-order valence-electron chi connectivity index (χ0n) is 9.88. The molecule has 1 fully saturated rings. The summed E-state index contributed by atoms with van der Waals surface area (Å²) in [6.45, 7) is 0.619. The first kappa shape index (κ1) is 13.9. The highest BCUT2D eigenvalue weighted by molar-refractivity contribution is 6.35. The van der Waals surface area contributed by atoms with Crippen LogP contribution >= 0.6 is 0 Å². The van der Waals surface area contributed by atoms with E-state index >= 15 is 0 Å². The normalized spacial score (nSPS) is 20.0. The maximum absolute atomic E-state index is 11.3. The zero-order valence-corrected chi connectivity index (χ0v) is 9.88. The lowest BCUT2D eigenvalue weighted by Crippen LogP contribution is -2.45. The van der Waals surface area contributed by atoms with Crippen molar-refractivity contribution in [3.8, 4) is 0 Å². The Bertz CT molecular complexity index is 356. The molecule has 4 amide bonds. The van der Waals surface area contributed by atoms with E-state index in [-0.39, 0.29) is 25.4 Å². The highest BCUT2D eigenvalue weighted by atomic mass is 16.2. The molecule has 0 saturated carbocycles. The Labute approximate surface area is 104 Å². The van der Waals surface area contributed by atoms with Gasteiger partial charge in [-0.1, -0.05) is 0 Å². The molecule has 1 heterocycles. The van der Waals surface area contributed by atoms with Crippen LogP contribution in [-0.4, -0.2) is 49.8 Å². The van der Waals surface area contributed by atoms with Gasteiger partial charge in [-0.05, 0) is 6.42 Å². The minimum atomic E-state index is -0.841. The molecule has 0 aromatic carbocycles. The molecule has 18 heavy (non-hydrogen) atoms. The molecule has 0 radical (unpaired) electrons. The van der Waals surface area contributed by atoms with Gasteiger partial charge in [0.25, 0.3) is 0 Å². The molecule has 0 spiro atoms. The van der Waals surface area contributed by atoms with Gasteiger partial charge in [-0.15, -0.1) is 0 Å². The van der Waals surface area contributed by atoms with Gasteiger partial charge < -0.3 is 21.3 Å². The van der Waals surface area contributed by atoms with Crippen molar-refractivity contribution in [1.29, 1.82) is 0 Å². The van der Waals surface area contributed by atoms with Crippen LogP contribution in [0, 0.1) is 0 Å². The number of carbonyl (C=O) groups is 4. The summed E-state index contributed by atoms with van der Waals surface area (Å²) < 4.78 is 0. The monoisotopic (exact) mass is 256 g/mol. The molecule has 1 saturated heterocycles. The van der Waals surface area contributed by atoms with Gasteiger partial charge in [-0.2, -0.15) is 0 Å². The molecule has 0 aromatic rings. The van der Waals surface area contributed by atoms with Crippen molar-refractivity contribution < 1.29 is 19.2 Å². The molecule has 8 heteroatoms. The van der Waals surface area contributed by atoms with Crippen molar-refractivity contribution in [3.05, 3.63) is 0 Å². The second-order valence-electron chi connectivity index (χ2n) is 3.74. The Kier molecular flexibility index (Phi) is 5.62. The van der Waals surface area contributed by atoms with Crippen LogP contribution in [-0.2, 0) is 19.2 Å². The summed E-state index contributed by atoms with van der Waals surface area (Å²) in [6, 6.07) is 0. The topological polar surface area (TPSA) is 116 Å². The Morgan fingerprint density at radius 2 is 1.28 bits per heavy atom. The second-order valence-corrected chi connectivity index (χ2v) is 3.74. The van der Waals surface area contributed by atoms with Crippen LogP contribution in [0.5, 0.6) is 0 Å². The molecule has 0 unspecified atom stereocenters. The van der Waals surface area contributed by atoms with Gasteiger partial charge in [-0.3, -0.25) is 19.2 Å². The van der Waals surface area contributed by atoms with Crippen LogP contribution < -0.4 is 21.3 Å². The zero-order chi connectivity index (χ0) is 13.4. The van der Waals surface area contributed by atoms with E-state index in [4.69, 9.17) is 0 Å². The largest absolute Gasteiger partial charge is 0.356 e. The molecule has 0 bridgehead atoms. The molecule has 0 atom stereocenters. The molecule has 4 N–H and O–H groups in total. The third kappa shape index (κ3) is 5.28. The molecule has 1 aliphatic heterocycles. The minimum absolute atomic E-state index is 0.164. The summed E-state index contributed by atoms with van der Waals surface area (Å²) in [5.74, 6) is -2.24. The molecule has 0 aliphatic carbocycles. The predicted octanol–water partition coefficient (Wildman–Crippen LogP) is -2.75. The number of amides is 4. The molecule has 1 aliphatic rings. The maximum atomic E-state index is 11.3. The van der Waals surface area contributed by atoms with Gasteiger partial charge in [-0.25, -0.2) is 0 Å². The van der Waals surface area contributed by atoms with E-state index in [9.17, 15) is 19.2 Å². The van der Waals surface area contributed by atoms with E-state index in [0.717, 1.165) is 0 Å². The van der Waals surface area contributed by atoms with Crippen molar-refractivity contribution in [2.75, 3.05) is 26.2 Å². The smallest absolute Gasteiger partial charge is 0.309 e. The van der Waals surface area contributed by atoms with Crippen LogP contribution in [0.15, 0.2) is 0 Å². The quantitative estimate of drug-likeness (QED) is 0.351. The van der Waals surface area contributed by atoms with Gasteiger partial charge in [0.15, 0.2) is 0 Å². The van der Waals surface area contributed by atoms with Crippen molar-refractivity contribution in [1.82, 2.24) is 21.3 Å². The Balaban J connectivity index is 2.48. The summed E-state index contributed by atoms with van der Waals surface area (Å²) in [6.07, 6.45) is 0.725. The second kappa shape index (κ2) is 7.25. The standard InChI is InChI=1S/C10H16N4O4/c15-7-2-5-12-8(16)6-14-10(18)9(17)13-4-1-3-11-7/h1-6H2,(H,11,15)(H,12,16)(H,13,17)(H,14,18). The fourth-order valence-corrected chi connectivity index (χ4v) is 1.31. The van der Waals surface area contributed by atoms with E-state index in [2.05, 4.69) is 21.3 Å².